The molecule has 0 atom stereocenters. The van der Waals surface area contributed by atoms with E-state index in [4.69, 9.17) is 15.2 Å². The highest BCUT2D eigenvalue weighted by Gasteiger charge is 2.30. The van der Waals surface area contributed by atoms with E-state index in [0.717, 1.165) is 40.5 Å². The number of nitrogen functional groups attached to an aromatic ring is 1. The number of rotatable bonds is 1. The van der Waals surface area contributed by atoms with Crippen molar-refractivity contribution in [1.29, 1.82) is 0 Å². The number of anilines is 1. The minimum absolute atomic E-state index is 0. The number of fused-ring (bicyclic) bond motifs is 2. The second-order valence-electron chi connectivity index (χ2n) is 5.61. The average Bonchev–Trinajstić information content (AvgIpc) is 2.61. The number of hydrogen-bond donors (Lipinski definition) is 1. The second kappa shape index (κ2) is 8.22. The van der Waals surface area contributed by atoms with Gasteiger partial charge in [0.2, 0.25) is 0 Å². The zero-order chi connectivity index (χ0) is 18.7. The Morgan fingerprint density at radius 3 is 2.11 bits per heavy atom. The number of alkyl halides is 3. The van der Waals surface area contributed by atoms with Gasteiger partial charge >= 0.3 is 6.18 Å². The highest BCUT2D eigenvalue weighted by atomic mass is 35.5. The first kappa shape index (κ1) is 20.5. The molecule has 2 heterocycles. The number of nitrogens with two attached hydrogens (primary N) is 1. The molecule has 3 aromatic rings. The molecule has 2 aliphatic rings. The molecule has 0 aromatic heterocycles. The van der Waals surface area contributed by atoms with E-state index in [2.05, 4.69) is 0 Å². The third-order valence-corrected chi connectivity index (χ3v) is 3.79. The molecule has 4 bridgehead atoms. The molecular formula is C20H17ClF3NO2. The quantitative estimate of drug-likeness (QED) is 0.391. The van der Waals surface area contributed by atoms with Gasteiger partial charge in [-0.2, -0.15) is 13.2 Å². The molecule has 2 aliphatic heterocycles. The van der Waals surface area contributed by atoms with Gasteiger partial charge in [0.05, 0.1) is 12.7 Å². The van der Waals surface area contributed by atoms with E-state index < -0.39 is 11.7 Å². The summed E-state index contributed by atoms with van der Waals surface area (Å²) in [5, 5.41) is 0. The van der Waals surface area contributed by atoms with Crippen molar-refractivity contribution in [3.05, 3.63) is 72.3 Å². The van der Waals surface area contributed by atoms with Crippen molar-refractivity contribution in [2.75, 3.05) is 12.8 Å². The third kappa shape index (κ3) is 4.86. The van der Waals surface area contributed by atoms with E-state index in [1.807, 2.05) is 42.5 Å². The Morgan fingerprint density at radius 1 is 0.889 bits per heavy atom. The fourth-order valence-electron chi connectivity index (χ4n) is 2.53. The molecule has 0 fully saturated rings. The maximum atomic E-state index is 11.9. The summed E-state index contributed by atoms with van der Waals surface area (Å²) in [5.74, 6) is 2.60. The Labute approximate surface area is 160 Å². The van der Waals surface area contributed by atoms with E-state index in [-0.39, 0.29) is 18.1 Å². The Morgan fingerprint density at radius 2 is 1.56 bits per heavy atom. The van der Waals surface area contributed by atoms with Crippen LogP contribution in [0.15, 0.2) is 66.7 Å². The van der Waals surface area contributed by atoms with Gasteiger partial charge in [-0.05, 0) is 54.1 Å². The summed E-state index contributed by atoms with van der Waals surface area (Å²) in [5.41, 5.74) is 6.79. The van der Waals surface area contributed by atoms with E-state index >= 15 is 0 Å². The molecule has 0 amide bonds. The molecule has 0 unspecified atom stereocenters. The molecule has 27 heavy (non-hydrogen) atoms. The number of methoxy groups -OCH3 is 1. The van der Waals surface area contributed by atoms with Crippen molar-refractivity contribution in [3.8, 4) is 28.4 Å². The van der Waals surface area contributed by atoms with Gasteiger partial charge in [-0.15, -0.1) is 12.4 Å². The fraction of sp³-hybridized carbons (Fsp3) is 0.100. The smallest absolute Gasteiger partial charge is 0.416 e. The predicted octanol–water partition coefficient (Wildman–Crippen LogP) is 6.18. The lowest BCUT2D eigenvalue weighted by molar-refractivity contribution is -0.137. The number of hydrogen-bond acceptors (Lipinski definition) is 3. The maximum absolute atomic E-state index is 11.9. The highest BCUT2D eigenvalue weighted by Crippen LogP contribution is 2.38. The van der Waals surface area contributed by atoms with E-state index in [1.165, 1.54) is 12.1 Å². The summed E-state index contributed by atoms with van der Waals surface area (Å²) < 4.78 is 46.7. The number of benzene rings is 3. The SMILES string of the molecule is COc1ccc2cc1-c1ccc(cc1)O2.Cl.Nc1cccc(C(F)(F)F)c1. The summed E-state index contributed by atoms with van der Waals surface area (Å²) >= 11 is 0. The zero-order valence-corrected chi connectivity index (χ0v) is 15.1. The molecule has 142 valence electrons. The molecule has 0 saturated carbocycles. The molecule has 0 radical (unpaired) electrons. The minimum atomic E-state index is -4.30. The molecule has 0 saturated heterocycles. The monoisotopic (exact) mass is 395 g/mol. The molecule has 0 aliphatic carbocycles. The van der Waals surface area contributed by atoms with Crippen LogP contribution in [0.4, 0.5) is 18.9 Å². The van der Waals surface area contributed by atoms with E-state index in [0.29, 0.717) is 0 Å². The Hall–Kier alpha value is -2.86. The van der Waals surface area contributed by atoms with Crippen LogP contribution in [0.2, 0.25) is 0 Å². The largest absolute Gasteiger partial charge is 0.496 e. The molecule has 7 heteroatoms. The van der Waals surface area contributed by atoms with Crippen LogP contribution in [0.5, 0.6) is 17.2 Å². The molecule has 3 aromatic carbocycles. The van der Waals surface area contributed by atoms with Crippen molar-refractivity contribution in [3.63, 3.8) is 0 Å². The van der Waals surface area contributed by atoms with Crippen LogP contribution >= 0.6 is 12.4 Å². The van der Waals surface area contributed by atoms with Gasteiger partial charge < -0.3 is 15.2 Å². The molecule has 3 nitrogen and oxygen atoms in total. The number of halogens is 4. The topological polar surface area (TPSA) is 44.5 Å². The van der Waals surface area contributed by atoms with Gasteiger partial charge in [-0.1, -0.05) is 18.2 Å². The van der Waals surface area contributed by atoms with Gasteiger partial charge in [0.1, 0.15) is 17.2 Å². The first-order valence-electron chi connectivity index (χ1n) is 7.76. The summed E-state index contributed by atoms with van der Waals surface area (Å²) in [6, 6.07) is 18.4. The molecule has 5 rings (SSSR count). The zero-order valence-electron chi connectivity index (χ0n) is 14.3. The van der Waals surface area contributed by atoms with Crippen molar-refractivity contribution in [2.45, 2.75) is 6.18 Å². The Balaban J connectivity index is 0.000000196. The minimum Gasteiger partial charge on any atom is -0.496 e. The summed E-state index contributed by atoms with van der Waals surface area (Å²) in [7, 11) is 1.68. The maximum Gasteiger partial charge on any atom is 0.416 e. The van der Waals surface area contributed by atoms with Crippen LogP contribution in [-0.4, -0.2) is 7.11 Å². The van der Waals surface area contributed by atoms with Crippen LogP contribution in [0.3, 0.4) is 0 Å². The molecular weight excluding hydrogens is 379 g/mol. The van der Waals surface area contributed by atoms with Gasteiger partial charge in [-0.3, -0.25) is 0 Å². The summed E-state index contributed by atoms with van der Waals surface area (Å²) in [4.78, 5) is 0. The second-order valence-corrected chi connectivity index (χ2v) is 5.61. The van der Waals surface area contributed by atoms with Crippen molar-refractivity contribution in [2.24, 2.45) is 0 Å². The van der Waals surface area contributed by atoms with Crippen LogP contribution in [0.25, 0.3) is 11.1 Å². The third-order valence-electron chi connectivity index (χ3n) is 3.79. The molecule has 0 spiro atoms. The van der Waals surface area contributed by atoms with E-state index in [9.17, 15) is 13.2 Å². The predicted molar refractivity (Wildman–Crippen MR) is 102 cm³/mol. The average molecular weight is 396 g/mol. The lowest BCUT2D eigenvalue weighted by Gasteiger charge is -2.15. The normalized spacial score (nSPS) is 11.1. The van der Waals surface area contributed by atoms with Crippen LogP contribution in [0.1, 0.15) is 5.56 Å². The van der Waals surface area contributed by atoms with E-state index in [1.54, 1.807) is 7.11 Å². The standard InChI is InChI=1S/C13H10O2.C7H6F3N.ClH/c1-14-13-7-6-11-8-12(13)9-2-4-10(15-11)5-3-9;8-7(9,10)5-2-1-3-6(11)4-5;/h2-8H,1H3;1-4H,11H2;1H. The molecule has 2 N–H and O–H groups in total. The number of ether oxygens (including phenoxy) is 2. The van der Waals surface area contributed by atoms with Gasteiger partial charge in [0, 0.05) is 11.3 Å². The first-order valence-corrected chi connectivity index (χ1v) is 7.76. The summed E-state index contributed by atoms with van der Waals surface area (Å²) in [6.07, 6.45) is -4.30. The lowest BCUT2D eigenvalue weighted by atomic mass is 10.0. The van der Waals surface area contributed by atoms with Crippen molar-refractivity contribution in [1.82, 2.24) is 0 Å². The van der Waals surface area contributed by atoms with Crippen molar-refractivity contribution >= 4 is 18.1 Å². The van der Waals surface area contributed by atoms with Crippen LogP contribution in [0, 0.1) is 0 Å². The highest BCUT2D eigenvalue weighted by molar-refractivity contribution is 5.85. The van der Waals surface area contributed by atoms with Gasteiger partial charge in [0.15, 0.2) is 0 Å². The van der Waals surface area contributed by atoms with Crippen molar-refractivity contribution < 1.29 is 22.6 Å². The lowest BCUT2D eigenvalue weighted by Crippen LogP contribution is -2.04. The van der Waals surface area contributed by atoms with Gasteiger partial charge in [-0.25, -0.2) is 0 Å². The Bertz CT molecular complexity index is 912. The van der Waals surface area contributed by atoms with Crippen LogP contribution in [-0.2, 0) is 6.18 Å². The fourth-order valence-corrected chi connectivity index (χ4v) is 2.53. The van der Waals surface area contributed by atoms with Gasteiger partial charge in [0.25, 0.3) is 0 Å². The first-order chi connectivity index (χ1) is 12.4. The Kier molecular flexibility index (Phi) is 6.23. The summed E-state index contributed by atoms with van der Waals surface area (Å²) in [6.45, 7) is 0. The van der Waals surface area contributed by atoms with Crippen LogP contribution < -0.4 is 15.2 Å².